The fraction of sp³-hybridized carbons (Fsp3) is 0.300. The maximum atomic E-state index is 12.2. The van der Waals surface area contributed by atoms with E-state index >= 15 is 0 Å². The fourth-order valence-electron chi connectivity index (χ4n) is 3.01. The van der Waals surface area contributed by atoms with Gasteiger partial charge in [0.05, 0.1) is 19.4 Å². The maximum absolute atomic E-state index is 12.2. The molecule has 3 rings (SSSR count). The van der Waals surface area contributed by atoms with Gasteiger partial charge in [-0.1, -0.05) is 30.3 Å². The monoisotopic (exact) mass is 354 g/mol. The van der Waals surface area contributed by atoms with E-state index in [1.165, 1.54) is 12.7 Å². The molecule has 1 atom stereocenters. The van der Waals surface area contributed by atoms with E-state index in [1.807, 2.05) is 31.2 Å². The molecule has 136 valence electrons. The Bertz CT molecular complexity index is 819. The molecule has 2 amide bonds. The number of amides is 2. The van der Waals surface area contributed by atoms with Crippen molar-refractivity contribution in [1.29, 1.82) is 0 Å². The summed E-state index contributed by atoms with van der Waals surface area (Å²) in [7, 11) is 1.51. The molecule has 1 heterocycles. The van der Waals surface area contributed by atoms with Crippen molar-refractivity contribution in [3.8, 4) is 5.75 Å². The molecule has 6 heteroatoms. The molecule has 2 aromatic carbocycles. The fourth-order valence-corrected chi connectivity index (χ4v) is 3.01. The summed E-state index contributed by atoms with van der Waals surface area (Å²) in [5.41, 5.74) is 3.69. The van der Waals surface area contributed by atoms with Gasteiger partial charge in [-0.15, -0.1) is 0 Å². The minimum atomic E-state index is -0.738. The van der Waals surface area contributed by atoms with Gasteiger partial charge >= 0.3 is 11.8 Å². The van der Waals surface area contributed by atoms with Crippen LogP contribution >= 0.6 is 0 Å². The number of anilines is 1. The molecule has 1 aliphatic rings. The van der Waals surface area contributed by atoms with Gasteiger partial charge in [0.15, 0.2) is 0 Å². The third-order valence-corrected chi connectivity index (χ3v) is 4.35. The van der Waals surface area contributed by atoms with E-state index in [1.54, 1.807) is 12.1 Å². The molecular formula is C20H22N2O4. The highest BCUT2D eigenvalue weighted by molar-refractivity contribution is 6.39. The highest BCUT2D eigenvalue weighted by Gasteiger charge is 2.23. The van der Waals surface area contributed by atoms with Crippen LogP contribution in [-0.4, -0.2) is 32.1 Å². The number of fused-ring (bicyclic) bond motifs is 1. The standard InChI is InChI=1S/C20H22N2O4/c1-13-7-8-17(25-2)16(11-13)22-20(24)19(23)21-12-18-15-6-4-3-5-14(15)9-10-26-18/h3-8,11,18H,9-10,12H2,1-2H3,(H,21,23)(H,22,24)/t18-/m1/s1. The Balaban J connectivity index is 1.61. The summed E-state index contributed by atoms with van der Waals surface area (Å²) in [6.45, 7) is 2.74. The third kappa shape index (κ3) is 4.03. The zero-order chi connectivity index (χ0) is 18.5. The normalized spacial score (nSPS) is 15.7. The number of hydrogen-bond acceptors (Lipinski definition) is 4. The van der Waals surface area contributed by atoms with E-state index in [-0.39, 0.29) is 12.6 Å². The summed E-state index contributed by atoms with van der Waals surface area (Å²) in [6, 6.07) is 13.3. The van der Waals surface area contributed by atoms with Gasteiger partial charge in [-0.2, -0.15) is 0 Å². The Kier molecular flexibility index (Phi) is 5.53. The SMILES string of the molecule is COc1ccc(C)cc1NC(=O)C(=O)NC[C@H]1OCCc2ccccc21. The van der Waals surface area contributed by atoms with Crippen molar-refractivity contribution < 1.29 is 19.1 Å². The number of carbonyl (C=O) groups excluding carboxylic acids is 2. The predicted octanol–water partition coefficient (Wildman–Crippen LogP) is 2.37. The molecular weight excluding hydrogens is 332 g/mol. The Labute approximate surface area is 152 Å². The lowest BCUT2D eigenvalue weighted by Crippen LogP contribution is -2.39. The number of nitrogens with one attached hydrogen (secondary N) is 2. The van der Waals surface area contributed by atoms with Crippen LogP contribution < -0.4 is 15.4 Å². The molecule has 0 aliphatic carbocycles. The average Bonchev–Trinajstić information content (AvgIpc) is 2.66. The first-order valence-corrected chi connectivity index (χ1v) is 8.51. The lowest BCUT2D eigenvalue weighted by atomic mass is 9.97. The molecule has 0 radical (unpaired) electrons. The second-order valence-corrected chi connectivity index (χ2v) is 6.18. The van der Waals surface area contributed by atoms with E-state index in [9.17, 15) is 9.59 Å². The van der Waals surface area contributed by atoms with Gasteiger partial charge in [0, 0.05) is 6.54 Å². The number of hydrogen-bond donors (Lipinski definition) is 2. The highest BCUT2D eigenvalue weighted by atomic mass is 16.5. The van der Waals surface area contributed by atoms with Gasteiger partial charge < -0.3 is 20.1 Å². The lowest BCUT2D eigenvalue weighted by molar-refractivity contribution is -0.136. The summed E-state index contributed by atoms with van der Waals surface area (Å²) < 4.78 is 10.9. The van der Waals surface area contributed by atoms with Crippen LogP contribution in [0.4, 0.5) is 5.69 Å². The number of carbonyl (C=O) groups is 2. The molecule has 0 spiro atoms. The quantitative estimate of drug-likeness (QED) is 0.827. The van der Waals surface area contributed by atoms with Crippen molar-refractivity contribution in [3.05, 3.63) is 59.2 Å². The first kappa shape index (κ1) is 17.9. The van der Waals surface area contributed by atoms with E-state index in [2.05, 4.69) is 16.7 Å². The number of ether oxygens (including phenoxy) is 2. The van der Waals surface area contributed by atoms with Crippen LogP contribution in [0.3, 0.4) is 0 Å². The number of benzene rings is 2. The van der Waals surface area contributed by atoms with Crippen molar-refractivity contribution >= 4 is 17.5 Å². The van der Waals surface area contributed by atoms with Crippen LogP contribution in [0.25, 0.3) is 0 Å². The van der Waals surface area contributed by atoms with Gasteiger partial charge in [-0.25, -0.2) is 0 Å². The van der Waals surface area contributed by atoms with E-state index in [0.29, 0.717) is 18.0 Å². The smallest absolute Gasteiger partial charge is 0.313 e. The van der Waals surface area contributed by atoms with Crippen LogP contribution in [0.1, 0.15) is 22.8 Å². The summed E-state index contributed by atoms with van der Waals surface area (Å²) in [4.78, 5) is 24.4. The van der Waals surface area contributed by atoms with Crippen LogP contribution in [0.5, 0.6) is 5.75 Å². The largest absolute Gasteiger partial charge is 0.495 e. The van der Waals surface area contributed by atoms with Crippen molar-refractivity contribution in [3.63, 3.8) is 0 Å². The van der Waals surface area contributed by atoms with E-state index in [4.69, 9.17) is 9.47 Å². The minimum Gasteiger partial charge on any atom is -0.495 e. The van der Waals surface area contributed by atoms with Crippen LogP contribution in [0.15, 0.2) is 42.5 Å². The number of aryl methyl sites for hydroxylation is 1. The Morgan fingerprint density at radius 1 is 1.19 bits per heavy atom. The van der Waals surface area contributed by atoms with Gasteiger partial charge in [0.2, 0.25) is 0 Å². The minimum absolute atomic E-state index is 0.244. The zero-order valence-corrected chi connectivity index (χ0v) is 14.9. The first-order valence-electron chi connectivity index (χ1n) is 8.51. The molecule has 0 saturated heterocycles. The molecule has 0 unspecified atom stereocenters. The van der Waals surface area contributed by atoms with Crippen LogP contribution in [-0.2, 0) is 20.7 Å². The molecule has 0 bridgehead atoms. The van der Waals surface area contributed by atoms with Crippen molar-refractivity contribution in [2.45, 2.75) is 19.4 Å². The lowest BCUT2D eigenvalue weighted by Gasteiger charge is -2.26. The number of rotatable bonds is 4. The summed E-state index contributed by atoms with van der Waals surface area (Å²) in [5.74, 6) is -0.945. The Morgan fingerprint density at radius 3 is 2.81 bits per heavy atom. The summed E-state index contributed by atoms with van der Waals surface area (Å²) in [6.07, 6.45) is 0.610. The molecule has 0 fully saturated rings. The van der Waals surface area contributed by atoms with Crippen LogP contribution in [0, 0.1) is 6.92 Å². The second kappa shape index (κ2) is 8.01. The second-order valence-electron chi connectivity index (χ2n) is 6.18. The summed E-state index contributed by atoms with van der Waals surface area (Å²) >= 11 is 0. The average molecular weight is 354 g/mol. The first-order chi connectivity index (χ1) is 12.6. The van der Waals surface area contributed by atoms with Crippen molar-refractivity contribution in [2.24, 2.45) is 0 Å². The third-order valence-electron chi connectivity index (χ3n) is 4.35. The highest BCUT2D eigenvalue weighted by Crippen LogP contribution is 2.27. The molecule has 0 saturated carbocycles. The van der Waals surface area contributed by atoms with Gasteiger partial charge in [-0.3, -0.25) is 9.59 Å². The topological polar surface area (TPSA) is 76.7 Å². The number of methoxy groups -OCH3 is 1. The predicted molar refractivity (Wildman–Crippen MR) is 98.2 cm³/mol. The van der Waals surface area contributed by atoms with Gasteiger partial charge in [-0.05, 0) is 42.2 Å². The molecule has 6 nitrogen and oxygen atoms in total. The van der Waals surface area contributed by atoms with E-state index in [0.717, 1.165) is 17.5 Å². The zero-order valence-electron chi connectivity index (χ0n) is 14.9. The van der Waals surface area contributed by atoms with Crippen molar-refractivity contribution in [1.82, 2.24) is 5.32 Å². The van der Waals surface area contributed by atoms with Gasteiger partial charge in [0.25, 0.3) is 0 Å². The maximum Gasteiger partial charge on any atom is 0.313 e. The molecule has 1 aliphatic heterocycles. The summed E-state index contributed by atoms with van der Waals surface area (Å²) in [5, 5.41) is 5.24. The van der Waals surface area contributed by atoms with Crippen LogP contribution in [0.2, 0.25) is 0 Å². The van der Waals surface area contributed by atoms with Crippen molar-refractivity contribution in [2.75, 3.05) is 25.6 Å². The molecule has 2 N–H and O–H groups in total. The molecule has 2 aromatic rings. The Hall–Kier alpha value is -2.86. The Morgan fingerprint density at radius 2 is 2.00 bits per heavy atom. The molecule has 26 heavy (non-hydrogen) atoms. The van der Waals surface area contributed by atoms with E-state index < -0.39 is 11.8 Å². The van der Waals surface area contributed by atoms with Gasteiger partial charge in [0.1, 0.15) is 11.9 Å². The molecule has 0 aromatic heterocycles.